The van der Waals surface area contributed by atoms with Crippen LogP contribution in [0.5, 0.6) is 0 Å². The molecule has 3 N–H and O–H groups in total. The Hall–Kier alpha value is -1.63. The van der Waals surface area contributed by atoms with Crippen molar-refractivity contribution >= 4 is 29.0 Å². The van der Waals surface area contributed by atoms with Crippen LogP contribution in [0.4, 0.5) is 5.82 Å². The van der Waals surface area contributed by atoms with E-state index < -0.39 is 0 Å². The average molecular weight is 252 g/mol. The van der Waals surface area contributed by atoms with E-state index in [-0.39, 0.29) is 0 Å². The summed E-state index contributed by atoms with van der Waals surface area (Å²) in [6.45, 7) is 0. The Balaban J connectivity index is 2.51. The van der Waals surface area contributed by atoms with Gasteiger partial charge in [-0.15, -0.1) is 0 Å². The first-order valence-corrected chi connectivity index (χ1v) is 5.21. The first-order chi connectivity index (χ1) is 7.61. The van der Waals surface area contributed by atoms with Crippen molar-refractivity contribution in [2.45, 2.75) is 0 Å². The van der Waals surface area contributed by atoms with Gasteiger partial charge in [-0.3, -0.25) is 0 Å². The molecule has 0 amide bonds. The van der Waals surface area contributed by atoms with E-state index in [0.717, 1.165) is 11.3 Å². The molecule has 2 rings (SSSR count). The zero-order valence-corrected chi connectivity index (χ0v) is 9.60. The number of hydrogen-bond donors (Lipinski definition) is 2. The lowest BCUT2D eigenvalue weighted by Crippen LogP contribution is -1.86. The normalized spacial score (nSPS) is 10.1. The Kier molecular flexibility index (Phi) is 2.78. The van der Waals surface area contributed by atoms with Crippen LogP contribution in [0.15, 0.2) is 24.3 Å². The number of nitrogen functional groups attached to an aromatic ring is 1. The number of anilines is 1. The highest BCUT2D eigenvalue weighted by Crippen LogP contribution is 2.29. The number of nitriles is 1. The standard InChI is InChI=1S/C11H7Cl2N3/c12-8-2-1-6(3-9(8)13)10-4-7(5-14)11(15)16-10/h1-4,16H,15H2. The van der Waals surface area contributed by atoms with E-state index in [9.17, 15) is 0 Å². The highest BCUT2D eigenvalue weighted by molar-refractivity contribution is 6.42. The van der Waals surface area contributed by atoms with Gasteiger partial charge in [-0.1, -0.05) is 29.3 Å². The molecule has 0 fully saturated rings. The molecule has 0 spiro atoms. The van der Waals surface area contributed by atoms with Gasteiger partial charge in [0.05, 0.1) is 15.6 Å². The molecule has 0 radical (unpaired) electrons. The van der Waals surface area contributed by atoms with Gasteiger partial charge in [0.1, 0.15) is 11.9 Å². The number of rotatable bonds is 1. The summed E-state index contributed by atoms with van der Waals surface area (Å²) in [4.78, 5) is 2.91. The van der Waals surface area contributed by atoms with Gasteiger partial charge in [0.2, 0.25) is 0 Å². The topological polar surface area (TPSA) is 65.6 Å². The number of nitrogens with zero attached hydrogens (tertiary/aromatic N) is 1. The van der Waals surface area contributed by atoms with Crippen LogP contribution in [-0.2, 0) is 0 Å². The Morgan fingerprint density at radius 2 is 1.94 bits per heavy atom. The van der Waals surface area contributed by atoms with E-state index in [1.54, 1.807) is 24.3 Å². The molecule has 1 heterocycles. The van der Waals surface area contributed by atoms with E-state index in [1.165, 1.54) is 0 Å². The minimum Gasteiger partial charge on any atom is -0.384 e. The molecule has 0 saturated heterocycles. The van der Waals surface area contributed by atoms with Crippen molar-refractivity contribution in [2.75, 3.05) is 5.73 Å². The number of nitrogens with one attached hydrogen (secondary N) is 1. The van der Waals surface area contributed by atoms with Crippen LogP contribution in [0.1, 0.15) is 5.56 Å². The summed E-state index contributed by atoms with van der Waals surface area (Å²) in [7, 11) is 0. The molecular formula is C11H7Cl2N3. The third-order valence-electron chi connectivity index (χ3n) is 2.20. The zero-order valence-electron chi connectivity index (χ0n) is 8.09. The zero-order chi connectivity index (χ0) is 11.7. The lowest BCUT2D eigenvalue weighted by Gasteiger charge is -2.00. The van der Waals surface area contributed by atoms with Gasteiger partial charge in [0.15, 0.2) is 0 Å². The van der Waals surface area contributed by atoms with E-state index >= 15 is 0 Å². The first-order valence-electron chi connectivity index (χ1n) is 4.46. The number of H-pyrrole nitrogens is 1. The molecule has 0 saturated carbocycles. The summed E-state index contributed by atoms with van der Waals surface area (Å²) in [5, 5.41) is 9.74. The van der Waals surface area contributed by atoms with Crippen molar-refractivity contribution in [3.63, 3.8) is 0 Å². The van der Waals surface area contributed by atoms with Gasteiger partial charge >= 0.3 is 0 Å². The fourth-order valence-electron chi connectivity index (χ4n) is 1.38. The molecule has 16 heavy (non-hydrogen) atoms. The average Bonchev–Trinajstić information content (AvgIpc) is 2.64. The lowest BCUT2D eigenvalue weighted by molar-refractivity contribution is 1.40. The summed E-state index contributed by atoms with van der Waals surface area (Å²) >= 11 is 11.7. The SMILES string of the molecule is N#Cc1cc(-c2ccc(Cl)c(Cl)c2)[nH]c1N. The molecule has 0 atom stereocenters. The number of benzene rings is 1. The predicted molar refractivity (Wildman–Crippen MR) is 65.4 cm³/mol. The Labute approximate surface area is 102 Å². The largest absolute Gasteiger partial charge is 0.384 e. The second-order valence-electron chi connectivity index (χ2n) is 3.25. The minimum absolute atomic E-state index is 0.351. The van der Waals surface area contributed by atoms with Crippen LogP contribution in [0.3, 0.4) is 0 Å². The van der Waals surface area contributed by atoms with Crippen molar-refractivity contribution in [1.29, 1.82) is 5.26 Å². The first kappa shape index (κ1) is 10.9. The van der Waals surface area contributed by atoms with Crippen LogP contribution in [0.2, 0.25) is 10.0 Å². The second-order valence-corrected chi connectivity index (χ2v) is 4.07. The van der Waals surface area contributed by atoms with E-state index in [2.05, 4.69) is 4.98 Å². The minimum atomic E-state index is 0.351. The number of aromatic nitrogens is 1. The van der Waals surface area contributed by atoms with Crippen LogP contribution in [0.25, 0.3) is 11.3 Å². The summed E-state index contributed by atoms with van der Waals surface area (Å²) in [6, 6.07) is 8.89. The fraction of sp³-hybridized carbons (Fsp3) is 0. The molecular weight excluding hydrogens is 245 g/mol. The molecule has 3 nitrogen and oxygen atoms in total. The van der Waals surface area contributed by atoms with Gasteiger partial charge in [0, 0.05) is 5.69 Å². The van der Waals surface area contributed by atoms with Crippen LogP contribution in [-0.4, -0.2) is 4.98 Å². The fourth-order valence-corrected chi connectivity index (χ4v) is 1.68. The van der Waals surface area contributed by atoms with Crippen LogP contribution >= 0.6 is 23.2 Å². The molecule has 0 aliphatic heterocycles. The maximum Gasteiger partial charge on any atom is 0.119 e. The summed E-state index contributed by atoms with van der Waals surface area (Å²) < 4.78 is 0. The molecule has 0 aliphatic rings. The highest BCUT2D eigenvalue weighted by Gasteiger charge is 2.07. The predicted octanol–water partition coefficient (Wildman–Crippen LogP) is 3.44. The van der Waals surface area contributed by atoms with Gasteiger partial charge in [-0.2, -0.15) is 5.26 Å². The number of hydrogen-bond acceptors (Lipinski definition) is 2. The summed E-state index contributed by atoms with van der Waals surface area (Å²) in [6.07, 6.45) is 0. The Bertz CT molecular complexity index is 581. The lowest BCUT2D eigenvalue weighted by atomic mass is 10.1. The summed E-state index contributed by atoms with van der Waals surface area (Å²) in [5.41, 5.74) is 7.62. The summed E-state index contributed by atoms with van der Waals surface area (Å²) in [5.74, 6) is 0.351. The molecule has 0 unspecified atom stereocenters. The molecule has 5 heteroatoms. The Morgan fingerprint density at radius 3 is 2.50 bits per heavy atom. The van der Waals surface area contributed by atoms with E-state index in [1.807, 2.05) is 6.07 Å². The quantitative estimate of drug-likeness (QED) is 0.816. The second kappa shape index (κ2) is 4.09. The molecule has 80 valence electrons. The molecule has 0 bridgehead atoms. The number of halogens is 2. The van der Waals surface area contributed by atoms with Crippen molar-refractivity contribution < 1.29 is 0 Å². The molecule has 0 aliphatic carbocycles. The highest BCUT2D eigenvalue weighted by atomic mass is 35.5. The monoisotopic (exact) mass is 251 g/mol. The van der Waals surface area contributed by atoms with Gasteiger partial charge in [0.25, 0.3) is 0 Å². The number of aromatic amines is 1. The van der Waals surface area contributed by atoms with Crippen molar-refractivity contribution in [3.8, 4) is 17.3 Å². The van der Waals surface area contributed by atoms with Crippen molar-refractivity contribution in [3.05, 3.63) is 39.9 Å². The van der Waals surface area contributed by atoms with Crippen molar-refractivity contribution in [2.24, 2.45) is 0 Å². The molecule has 1 aromatic carbocycles. The maximum atomic E-state index is 8.78. The van der Waals surface area contributed by atoms with Crippen LogP contribution in [0, 0.1) is 11.3 Å². The third kappa shape index (κ3) is 1.85. The van der Waals surface area contributed by atoms with Crippen molar-refractivity contribution in [1.82, 2.24) is 4.98 Å². The Morgan fingerprint density at radius 1 is 1.19 bits per heavy atom. The molecule has 1 aromatic heterocycles. The smallest absolute Gasteiger partial charge is 0.119 e. The van der Waals surface area contributed by atoms with Crippen LogP contribution < -0.4 is 5.73 Å². The van der Waals surface area contributed by atoms with Gasteiger partial charge < -0.3 is 10.7 Å². The third-order valence-corrected chi connectivity index (χ3v) is 2.94. The van der Waals surface area contributed by atoms with Gasteiger partial charge in [-0.25, -0.2) is 0 Å². The number of nitrogens with two attached hydrogens (primary N) is 1. The van der Waals surface area contributed by atoms with E-state index in [4.69, 9.17) is 34.2 Å². The maximum absolute atomic E-state index is 8.78. The molecule has 2 aromatic rings. The van der Waals surface area contributed by atoms with E-state index in [0.29, 0.717) is 21.4 Å². The van der Waals surface area contributed by atoms with Gasteiger partial charge in [-0.05, 0) is 23.8 Å².